The number of pyridine rings is 1. The minimum atomic E-state index is -0.216. The molecule has 0 bridgehead atoms. The van der Waals surface area contributed by atoms with E-state index in [0.717, 1.165) is 18.5 Å². The summed E-state index contributed by atoms with van der Waals surface area (Å²) in [5, 5.41) is 3.32. The van der Waals surface area contributed by atoms with Crippen LogP contribution >= 0.6 is 11.6 Å². The highest BCUT2D eigenvalue weighted by molar-refractivity contribution is 6.30. The second kappa shape index (κ2) is 8.68. The molecule has 6 nitrogen and oxygen atoms in total. The molecule has 1 aromatic carbocycles. The molecule has 0 unspecified atom stereocenters. The van der Waals surface area contributed by atoms with Crippen molar-refractivity contribution in [2.24, 2.45) is 0 Å². The highest BCUT2D eigenvalue weighted by Crippen LogP contribution is 2.17. The van der Waals surface area contributed by atoms with Crippen molar-refractivity contribution in [3.8, 4) is 5.75 Å². The molecule has 2 aromatic heterocycles. The van der Waals surface area contributed by atoms with Crippen LogP contribution in [0.4, 0.5) is 5.69 Å². The molecule has 3 rings (SSSR count). The Balaban J connectivity index is 1.63. The van der Waals surface area contributed by atoms with E-state index in [2.05, 4.69) is 10.3 Å². The predicted octanol–water partition coefficient (Wildman–Crippen LogP) is 4.06. The van der Waals surface area contributed by atoms with Crippen LogP contribution in [0.15, 0.2) is 53.5 Å². The van der Waals surface area contributed by atoms with Crippen LogP contribution in [-0.4, -0.2) is 15.3 Å². The summed E-state index contributed by atoms with van der Waals surface area (Å²) in [5.74, 6) is 0.631. The second-order valence-electron chi connectivity index (χ2n) is 6.13. The van der Waals surface area contributed by atoms with Crippen molar-refractivity contribution in [3.05, 3.63) is 69.7 Å². The monoisotopic (exact) mass is 385 g/mol. The maximum absolute atomic E-state index is 12.2. The van der Waals surface area contributed by atoms with Gasteiger partial charge in [-0.15, -0.1) is 0 Å². The number of benzene rings is 1. The number of hydrogen-bond acceptors (Lipinski definition) is 4. The average molecular weight is 386 g/mol. The summed E-state index contributed by atoms with van der Waals surface area (Å²) in [6, 6.07) is 11.9. The number of amides is 1. The minimum Gasteiger partial charge on any atom is -0.487 e. The van der Waals surface area contributed by atoms with Gasteiger partial charge in [0.05, 0.1) is 10.7 Å². The zero-order valence-electron chi connectivity index (χ0n) is 14.9. The summed E-state index contributed by atoms with van der Waals surface area (Å²) >= 11 is 5.90. The standard InChI is InChI=1S/C20H20ClN3O3/c1-2-3-4-19(25)23-15-6-8-17(9-7-15)27-13-16-11-20(26)24-12-14(21)5-10-18(24)22-16/h5-12H,2-4,13H2,1H3,(H,23,25). The predicted molar refractivity (Wildman–Crippen MR) is 105 cm³/mol. The number of rotatable bonds is 7. The molecule has 1 N–H and O–H groups in total. The lowest BCUT2D eigenvalue weighted by atomic mass is 10.2. The van der Waals surface area contributed by atoms with Gasteiger partial charge in [0.25, 0.3) is 5.56 Å². The van der Waals surface area contributed by atoms with Gasteiger partial charge in [0.1, 0.15) is 18.0 Å². The first kappa shape index (κ1) is 18.9. The number of unbranched alkanes of at least 4 members (excludes halogenated alkanes) is 1. The topological polar surface area (TPSA) is 72.7 Å². The number of carbonyl (C=O) groups is 1. The molecule has 27 heavy (non-hydrogen) atoms. The van der Waals surface area contributed by atoms with Crippen LogP contribution in [0.5, 0.6) is 5.75 Å². The van der Waals surface area contributed by atoms with Gasteiger partial charge in [0.2, 0.25) is 5.91 Å². The average Bonchev–Trinajstić information content (AvgIpc) is 2.66. The third-order valence-corrected chi connectivity index (χ3v) is 4.18. The van der Waals surface area contributed by atoms with Crippen LogP contribution < -0.4 is 15.6 Å². The van der Waals surface area contributed by atoms with Crippen molar-refractivity contribution in [1.29, 1.82) is 0 Å². The zero-order chi connectivity index (χ0) is 19.2. The van der Waals surface area contributed by atoms with E-state index in [1.807, 2.05) is 6.92 Å². The number of halogens is 1. The number of aromatic nitrogens is 2. The molecule has 0 fully saturated rings. The van der Waals surface area contributed by atoms with Gasteiger partial charge in [-0.2, -0.15) is 0 Å². The van der Waals surface area contributed by atoms with Crippen LogP contribution in [0.2, 0.25) is 5.02 Å². The Morgan fingerprint density at radius 1 is 1.22 bits per heavy atom. The van der Waals surface area contributed by atoms with Crippen molar-refractivity contribution in [3.63, 3.8) is 0 Å². The first-order valence-corrected chi connectivity index (χ1v) is 9.13. The Bertz CT molecular complexity index is 1000. The Morgan fingerprint density at radius 2 is 2.00 bits per heavy atom. The van der Waals surface area contributed by atoms with Gasteiger partial charge in [0, 0.05) is 24.4 Å². The van der Waals surface area contributed by atoms with Gasteiger partial charge in [-0.3, -0.25) is 14.0 Å². The Morgan fingerprint density at radius 3 is 2.74 bits per heavy atom. The number of fused-ring (bicyclic) bond motifs is 1. The van der Waals surface area contributed by atoms with Gasteiger partial charge < -0.3 is 10.1 Å². The first-order chi connectivity index (χ1) is 13.0. The summed E-state index contributed by atoms with van der Waals surface area (Å²) in [7, 11) is 0. The van der Waals surface area contributed by atoms with Crippen LogP contribution in [-0.2, 0) is 11.4 Å². The third kappa shape index (κ3) is 5.08. The summed E-state index contributed by atoms with van der Waals surface area (Å²) in [5.41, 5.74) is 1.54. The molecule has 2 heterocycles. The highest BCUT2D eigenvalue weighted by Gasteiger charge is 2.05. The normalized spacial score (nSPS) is 10.7. The van der Waals surface area contributed by atoms with Crippen LogP contribution in [0.25, 0.3) is 5.65 Å². The molecule has 140 valence electrons. The molecule has 0 radical (unpaired) electrons. The highest BCUT2D eigenvalue weighted by atomic mass is 35.5. The van der Waals surface area contributed by atoms with Crippen molar-refractivity contribution < 1.29 is 9.53 Å². The molecule has 0 atom stereocenters. The molecule has 0 spiro atoms. The van der Waals surface area contributed by atoms with E-state index in [4.69, 9.17) is 16.3 Å². The van der Waals surface area contributed by atoms with Crippen LogP contribution in [0.3, 0.4) is 0 Å². The van der Waals surface area contributed by atoms with Crippen molar-refractivity contribution in [2.75, 3.05) is 5.32 Å². The number of nitrogens with one attached hydrogen (secondary N) is 1. The van der Waals surface area contributed by atoms with Crippen molar-refractivity contribution in [1.82, 2.24) is 9.38 Å². The summed E-state index contributed by atoms with van der Waals surface area (Å²) in [6.07, 6.45) is 3.91. The number of anilines is 1. The summed E-state index contributed by atoms with van der Waals surface area (Å²) < 4.78 is 7.09. The Hall–Kier alpha value is -2.86. The minimum absolute atomic E-state index is 0.00598. The molecule has 1 amide bonds. The van der Waals surface area contributed by atoms with Crippen LogP contribution in [0.1, 0.15) is 31.9 Å². The molecule has 3 aromatic rings. The number of carbonyl (C=O) groups excluding carboxylic acids is 1. The second-order valence-corrected chi connectivity index (χ2v) is 6.56. The maximum Gasteiger partial charge on any atom is 0.258 e. The number of nitrogens with zero attached hydrogens (tertiary/aromatic N) is 2. The Kier molecular flexibility index (Phi) is 6.08. The molecule has 0 aliphatic heterocycles. The molecular weight excluding hydrogens is 366 g/mol. The van der Waals surface area contributed by atoms with Gasteiger partial charge in [-0.1, -0.05) is 24.9 Å². The fraction of sp³-hybridized carbons (Fsp3) is 0.250. The fourth-order valence-electron chi connectivity index (χ4n) is 2.55. The van der Waals surface area contributed by atoms with Gasteiger partial charge >= 0.3 is 0 Å². The molecular formula is C20H20ClN3O3. The summed E-state index contributed by atoms with van der Waals surface area (Å²) in [6.45, 7) is 2.21. The Labute approximate surface area is 161 Å². The van der Waals surface area contributed by atoms with Gasteiger partial charge in [0.15, 0.2) is 0 Å². The van der Waals surface area contributed by atoms with E-state index in [1.165, 1.54) is 16.7 Å². The third-order valence-electron chi connectivity index (χ3n) is 3.96. The van der Waals surface area contributed by atoms with E-state index in [-0.39, 0.29) is 18.1 Å². The summed E-state index contributed by atoms with van der Waals surface area (Å²) in [4.78, 5) is 28.3. The van der Waals surface area contributed by atoms with Gasteiger partial charge in [-0.25, -0.2) is 4.98 Å². The van der Waals surface area contributed by atoms with E-state index in [1.54, 1.807) is 36.4 Å². The SMILES string of the molecule is CCCCC(=O)Nc1ccc(OCc2cc(=O)n3cc(Cl)ccc3n2)cc1. The quantitative estimate of drug-likeness (QED) is 0.665. The molecule has 0 aliphatic rings. The van der Waals surface area contributed by atoms with Crippen molar-refractivity contribution in [2.45, 2.75) is 32.8 Å². The van der Waals surface area contributed by atoms with Gasteiger partial charge in [-0.05, 0) is 42.8 Å². The molecule has 7 heteroatoms. The fourth-order valence-corrected chi connectivity index (χ4v) is 2.71. The lowest BCUT2D eigenvalue weighted by Crippen LogP contribution is -2.16. The lowest BCUT2D eigenvalue weighted by molar-refractivity contribution is -0.116. The zero-order valence-corrected chi connectivity index (χ0v) is 15.7. The lowest BCUT2D eigenvalue weighted by Gasteiger charge is -2.09. The molecule has 0 saturated carbocycles. The number of hydrogen-bond donors (Lipinski definition) is 1. The van der Waals surface area contributed by atoms with E-state index in [9.17, 15) is 9.59 Å². The number of ether oxygens (including phenoxy) is 1. The van der Waals surface area contributed by atoms with E-state index in [0.29, 0.717) is 28.5 Å². The maximum atomic E-state index is 12.2. The molecule has 0 aliphatic carbocycles. The largest absolute Gasteiger partial charge is 0.487 e. The van der Waals surface area contributed by atoms with E-state index < -0.39 is 0 Å². The van der Waals surface area contributed by atoms with Crippen LogP contribution in [0, 0.1) is 0 Å². The van der Waals surface area contributed by atoms with Crippen molar-refractivity contribution >= 4 is 28.8 Å². The molecule has 0 saturated heterocycles. The smallest absolute Gasteiger partial charge is 0.258 e. The van der Waals surface area contributed by atoms with E-state index >= 15 is 0 Å². The first-order valence-electron chi connectivity index (χ1n) is 8.75.